The van der Waals surface area contributed by atoms with Crippen LogP contribution in [0.2, 0.25) is 0 Å². The van der Waals surface area contributed by atoms with E-state index in [-0.39, 0.29) is 18.1 Å². The first-order chi connectivity index (χ1) is 23.7. The summed E-state index contributed by atoms with van der Waals surface area (Å²) in [5.74, 6) is 0.545. The topological polar surface area (TPSA) is 87.7 Å². The summed E-state index contributed by atoms with van der Waals surface area (Å²) in [4.78, 5) is 34.5. The highest BCUT2D eigenvalue weighted by atomic mass is 32.2. The van der Waals surface area contributed by atoms with Gasteiger partial charge in [-0.2, -0.15) is 5.10 Å². The van der Waals surface area contributed by atoms with Crippen molar-refractivity contribution in [3.63, 3.8) is 0 Å². The van der Waals surface area contributed by atoms with Crippen molar-refractivity contribution in [3.05, 3.63) is 127 Å². The summed E-state index contributed by atoms with van der Waals surface area (Å²) in [5.41, 5.74) is 5.82. The van der Waals surface area contributed by atoms with E-state index in [1.165, 1.54) is 11.3 Å². The average molecular weight is 693 g/mol. The van der Waals surface area contributed by atoms with Gasteiger partial charge in [0.1, 0.15) is 11.4 Å². The molecule has 0 saturated heterocycles. The van der Waals surface area contributed by atoms with Gasteiger partial charge in [-0.05, 0) is 92.1 Å². The van der Waals surface area contributed by atoms with Crippen LogP contribution in [0.4, 0.5) is 0 Å². The third-order valence-corrected chi connectivity index (χ3v) is 9.91. The Morgan fingerprint density at radius 3 is 2.49 bits per heavy atom. The Morgan fingerprint density at radius 1 is 1.06 bits per heavy atom. The summed E-state index contributed by atoms with van der Waals surface area (Å²) in [7, 11) is 0. The monoisotopic (exact) mass is 692 g/mol. The molecular weight excluding hydrogens is 653 g/mol. The number of rotatable bonds is 11. The summed E-state index contributed by atoms with van der Waals surface area (Å²) in [6.07, 6.45) is 6.76. The van der Waals surface area contributed by atoms with Gasteiger partial charge in [0.25, 0.3) is 5.56 Å². The van der Waals surface area contributed by atoms with E-state index in [1.807, 2.05) is 118 Å². The molecule has 0 N–H and O–H groups in total. The van der Waals surface area contributed by atoms with Gasteiger partial charge in [-0.25, -0.2) is 14.5 Å². The number of allylic oxidation sites excluding steroid dienone is 1. The Bertz CT molecular complexity index is 2200. The van der Waals surface area contributed by atoms with Crippen molar-refractivity contribution in [2.45, 2.75) is 52.0 Å². The molecule has 5 aromatic rings. The molecule has 0 bridgehead atoms. The van der Waals surface area contributed by atoms with E-state index in [0.717, 1.165) is 50.7 Å². The number of hydrogen-bond donors (Lipinski definition) is 0. The van der Waals surface area contributed by atoms with Gasteiger partial charge in [0.05, 0.1) is 40.7 Å². The van der Waals surface area contributed by atoms with Gasteiger partial charge >= 0.3 is 5.97 Å². The number of fused-ring (bicyclic) bond motifs is 1. The van der Waals surface area contributed by atoms with Crippen molar-refractivity contribution in [3.8, 4) is 22.7 Å². The van der Waals surface area contributed by atoms with E-state index in [0.29, 0.717) is 27.2 Å². The summed E-state index contributed by atoms with van der Waals surface area (Å²) >= 11 is 2.94. The third kappa shape index (κ3) is 7.21. The Morgan fingerprint density at radius 2 is 1.82 bits per heavy atom. The van der Waals surface area contributed by atoms with Crippen LogP contribution < -0.4 is 19.6 Å². The smallest absolute Gasteiger partial charge is 0.338 e. The molecule has 1 aliphatic heterocycles. The van der Waals surface area contributed by atoms with Crippen LogP contribution in [-0.2, 0) is 9.53 Å². The number of thiazole rings is 1. The summed E-state index contributed by atoms with van der Waals surface area (Å²) < 4.78 is 15.6. The molecule has 1 atom stereocenters. The molecule has 0 spiro atoms. The van der Waals surface area contributed by atoms with E-state index in [2.05, 4.69) is 13.0 Å². The van der Waals surface area contributed by atoms with Gasteiger partial charge in [-0.1, -0.05) is 62.4 Å². The lowest BCUT2D eigenvalue weighted by Crippen LogP contribution is -2.40. The number of carbonyl (C=O) groups excluding carboxylic acids is 1. The van der Waals surface area contributed by atoms with Gasteiger partial charge < -0.3 is 9.47 Å². The Balaban J connectivity index is 1.51. The van der Waals surface area contributed by atoms with Crippen LogP contribution >= 0.6 is 23.1 Å². The molecule has 8 nitrogen and oxygen atoms in total. The minimum Gasteiger partial charge on any atom is -0.493 e. The van der Waals surface area contributed by atoms with E-state index in [9.17, 15) is 9.59 Å². The molecule has 0 fully saturated rings. The lowest BCUT2D eigenvalue weighted by atomic mass is 9.96. The Hall–Kier alpha value is -4.67. The minimum atomic E-state index is -0.682. The van der Waals surface area contributed by atoms with Gasteiger partial charge in [0, 0.05) is 22.2 Å². The van der Waals surface area contributed by atoms with Crippen LogP contribution in [0.15, 0.2) is 105 Å². The molecule has 49 heavy (non-hydrogen) atoms. The zero-order chi connectivity index (χ0) is 34.7. The molecule has 1 aliphatic rings. The average Bonchev–Trinajstić information content (AvgIpc) is 3.66. The number of ether oxygens (including phenoxy) is 2. The van der Waals surface area contributed by atoms with Crippen LogP contribution in [0.25, 0.3) is 23.0 Å². The molecule has 0 amide bonds. The molecule has 1 unspecified atom stereocenters. The highest BCUT2D eigenvalue weighted by molar-refractivity contribution is 7.98. The fourth-order valence-corrected chi connectivity index (χ4v) is 7.19. The van der Waals surface area contributed by atoms with Crippen LogP contribution in [0, 0.1) is 12.8 Å². The van der Waals surface area contributed by atoms with Crippen molar-refractivity contribution in [1.82, 2.24) is 14.3 Å². The first kappa shape index (κ1) is 34.2. The van der Waals surface area contributed by atoms with Crippen molar-refractivity contribution >= 4 is 35.1 Å². The molecule has 3 aromatic carbocycles. The van der Waals surface area contributed by atoms with Gasteiger partial charge in [-0.3, -0.25) is 9.36 Å². The molecule has 0 saturated carbocycles. The summed E-state index contributed by atoms with van der Waals surface area (Å²) in [5, 5.41) is 5.00. The first-order valence-electron chi connectivity index (χ1n) is 16.4. The number of carbonyl (C=O) groups is 1. The number of nitrogens with zero attached hydrogens (tertiary/aromatic N) is 4. The maximum Gasteiger partial charge on any atom is 0.338 e. The SMILES string of the molecule is CCCOc1ccc(-c2nn(-c3ccccc3)cc2C=c2sc3n(c2=O)C(c2ccc(SC)cc2)C(C(=O)OCC(C)C)=C(C)N=3)cc1C. The number of aromatic nitrogens is 3. The molecule has 3 heterocycles. The lowest BCUT2D eigenvalue weighted by Gasteiger charge is -2.25. The fourth-order valence-electron chi connectivity index (χ4n) is 5.75. The molecule has 0 aliphatic carbocycles. The quantitative estimate of drug-likeness (QED) is 0.108. The standard InChI is InChI=1S/C39H40N4O4S2/c1-7-19-46-32-18-15-28(20-25(32)4)35-29(22-42(41-35)30-11-9-8-10-12-30)21-33-37(44)43-36(27-13-16-31(48-6)17-14-27)34(26(5)40-39(43)49-33)38(45)47-23-24(2)3/h8-18,20-22,24,36H,7,19,23H2,1-6H3. The predicted octanol–water partition coefficient (Wildman–Crippen LogP) is 7.11. The van der Waals surface area contributed by atoms with E-state index in [4.69, 9.17) is 19.6 Å². The van der Waals surface area contributed by atoms with E-state index >= 15 is 0 Å². The Kier molecular flexibility index (Phi) is 10.4. The third-order valence-electron chi connectivity index (χ3n) is 8.18. The van der Waals surface area contributed by atoms with Crippen molar-refractivity contribution in [2.24, 2.45) is 10.9 Å². The number of aryl methyl sites for hydroxylation is 1. The van der Waals surface area contributed by atoms with Crippen molar-refractivity contribution < 1.29 is 14.3 Å². The number of hydrogen-bond acceptors (Lipinski definition) is 8. The van der Waals surface area contributed by atoms with Crippen LogP contribution in [0.1, 0.15) is 56.8 Å². The van der Waals surface area contributed by atoms with E-state index in [1.54, 1.807) is 16.3 Å². The number of para-hydroxylation sites is 1. The Labute approximate surface area is 294 Å². The van der Waals surface area contributed by atoms with Crippen LogP contribution in [-0.4, -0.2) is 39.8 Å². The van der Waals surface area contributed by atoms with E-state index < -0.39 is 12.0 Å². The zero-order valence-electron chi connectivity index (χ0n) is 28.6. The fraction of sp³-hybridized carbons (Fsp3) is 0.282. The second-order valence-corrected chi connectivity index (χ2v) is 14.3. The van der Waals surface area contributed by atoms with Crippen LogP contribution in [0.3, 0.4) is 0 Å². The predicted molar refractivity (Wildman–Crippen MR) is 197 cm³/mol. The summed E-state index contributed by atoms with van der Waals surface area (Å²) in [6.45, 7) is 10.8. The maximum atomic E-state index is 14.4. The number of thioether (sulfide) groups is 1. The molecule has 2 aromatic heterocycles. The highest BCUT2D eigenvalue weighted by Gasteiger charge is 2.33. The summed E-state index contributed by atoms with van der Waals surface area (Å²) in [6, 6.07) is 23.2. The molecule has 10 heteroatoms. The van der Waals surface area contributed by atoms with Gasteiger partial charge in [0.15, 0.2) is 4.80 Å². The van der Waals surface area contributed by atoms with Crippen LogP contribution in [0.5, 0.6) is 5.75 Å². The molecular formula is C39H40N4O4S2. The number of esters is 1. The first-order valence-corrected chi connectivity index (χ1v) is 18.4. The molecule has 252 valence electrons. The second kappa shape index (κ2) is 14.8. The normalized spacial score (nSPS) is 14.6. The number of benzene rings is 3. The van der Waals surface area contributed by atoms with Gasteiger partial charge in [0.2, 0.25) is 0 Å². The second-order valence-electron chi connectivity index (χ2n) is 12.4. The maximum absolute atomic E-state index is 14.4. The largest absolute Gasteiger partial charge is 0.493 e. The lowest BCUT2D eigenvalue weighted by molar-refractivity contribution is -0.140. The van der Waals surface area contributed by atoms with Crippen molar-refractivity contribution in [2.75, 3.05) is 19.5 Å². The molecule has 0 radical (unpaired) electrons. The zero-order valence-corrected chi connectivity index (χ0v) is 30.2. The minimum absolute atomic E-state index is 0.167. The molecule has 6 rings (SSSR count). The van der Waals surface area contributed by atoms with Crippen molar-refractivity contribution in [1.29, 1.82) is 0 Å². The highest BCUT2D eigenvalue weighted by Crippen LogP contribution is 2.33. The van der Waals surface area contributed by atoms with Gasteiger partial charge in [-0.15, -0.1) is 11.8 Å².